The van der Waals surface area contributed by atoms with Gasteiger partial charge in [0.25, 0.3) is 0 Å². The molecule has 5 heteroatoms. The molecule has 0 saturated heterocycles. The Morgan fingerprint density at radius 2 is 1.88 bits per heavy atom. The molecule has 8 heavy (non-hydrogen) atoms. The fraction of sp³-hybridized carbons (Fsp3) is 0. The van der Waals surface area contributed by atoms with Gasteiger partial charge in [-0.15, -0.1) is 0 Å². The van der Waals surface area contributed by atoms with Crippen LogP contribution in [-0.4, -0.2) is 22.8 Å². The largest absolute Gasteiger partial charge is 0.375 e. The molecular weight excluding hydrogens is 128 g/mol. The van der Waals surface area contributed by atoms with E-state index in [9.17, 15) is 9.59 Å². The minimum absolute atomic E-state index is 0.241. The second-order valence-corrected chi connectivity index (χ2v) is 1.37. The van der Waals surface area contributed by atoms with Gasteiger partial charge < -0.3 is 5.73 Å². The maximum atomic E-state index is 9.70. The first-order valence-electron chi connectivity index (χ1n) is 1.70. The summed E-state index contributed by atoms with van der Waals surface area (Å²) in [5, 5.41) is -0.241. The minimum atomic E-state index is -0.241. The second-order valence-electron chi connectivity index (χ2n) is 0.956. The Morgan fingerprint density at radius 3 is 1.88 bits per heavy atom. The van der Waals surface area contributed by atoms with Crippen LogP contribution in [-0.2, 0) is 9.59 Å². The van der Waals surface area contributed by atoms with Gasteiger partial charge in [0.15, 0.2) is 5.11 Å². The topological polar surface area (TPSA) is 63.4 Å². The molecule has 0 unspecified atom stereocenters. The summed E-state index contributed by atoms with van der Waals surface area (Å²) in [7, 11) is 0. The summed E-state index contributed by atoms with van der Waals surface area (Å²) < 4.78 is 0. The van der Waals surface area contributed by atoms with Gasteiger partial charge in [0, 0.05) is 0 Å². The molecule has 44 valence electrons. The van der Waals surface area contributed by atoms with Crippen molar-refractivity contribution in [1.29, 1.82) is 0 Å². The molecule has 0 aromatic carbocycles. The van der Waals surface area contributed by atoms with Gasteiger partial charge in [0.1, 0.15) is 0 Å². The predicted octanol–water partition coefficient (Wildman–Crippen LogP) is -1.16. The van der Waals surface area contributed by atoms with Crippen LogP contribution in [0.1, 0.15) is 0 Å². The lowest BCUT2D eigenvalue weighted by atomic mass is 10.9. The van der Waals surface area contributed by atoms with Crippen molar-refractivity contribution < 1.29 is 9.59 Å². The second kappa shape index (κ2) is 3.09. The first kappa shape index (κ1) is 7.03. The molecule has 0 spiro atoms. The quantitative estimate of drug-likeness (QED) is 0.380. The third-order valence-electron chi connectivity index (χ3n) is 0.482. The zero-order chi connectivity index (χ0) is 6.57. The third kappa shape index (κ3) is 1.65. The lowest BCUT2D eigenvalue weighted by molar-refractivity contribution is -0.124. The van der Waals surface area contributed by atoms with Crippen LogP contribution in [0.25, 0.3) is 0 Å². The molecule has 0 rings (SSSR count). The van der Waals surface area contributed by atoms with Crippen molar-refractivity contribution in [3.8, 4) is 0 Å². The molecule has 4 nitrogen and oxygen atoms in total. The molecule has 0 aliphatic heterocycles. The van der Waals surface area contributed by atoms with Crippen LogP contribution in [0.5, 0.6) is 0 Å². The molecular formula is C3H4N2O2S. The smallest absolute Gasteiger partial charge is 0.222 e. The summed E-state index contributed by atoms with van der Waals surface area (Å²) in [6.45, 7) is 0. The van der Waals surface area contributed by atoms with Crippen molar-refractivity contribution in [3.05, 3.63) is 0 Å². The van der Waals surface area contributed by atoms with E-state index < -0.39 is 0 Å². The minimum Gasteiger partial charge on any atom is -0.375 e. The highest BCUT2D eigenvalue weighted by atomic mass is 32.1. The number of carbonyl (C=O) groups excluding carboxylic acids is 2. The predicted molar refractivity (Wildman–Crippen MR) is 30.8 cm³/mol. The van der Waals surface area contributed by atoms with Crippen LogP contribution < -0.4 is 5.73 Å². The van der Waals surface area contributed by atoms with Crippen molar-refractivity contribution in [1.82, 2.24) is 4.90 Å². The van der Waals surface area contributed by atoms with E-state index in [0.717, 1.165) is 0 Å². The van der Waals surface area contributed by atoms with Gasteiger partial charge in [-0.2, -0.15) is 0 Å². The van der Waals surface area contributed by atoms with Crippen molar-refractivity contribution in [2.24, 2.45) is 5.73 Å². The highest BCUT2D eigenvalue weighted by Crippen LogP contribution is 1.71. The number of thiocarbonyl (C=S) groups is 1. The molecule has 0 radical (unpaired) electrons. The van der Waals surface area contributed by atoms with E-state index in [1.165, 1.54) is 0 Å². The summed E-state index contributed by atoms with van der Waals surface area (Å²) in [5.74, 6) is 0. The van der Waals surface area contributed by atoms with E-state index in [2.05, 4.69) is 12.2 Å². The Morgan fingerprint density at radius 1 is 1.50 bits per heavy atom. The fourth-order valence-electron chi connectivity index (χ4n) is 0.129. The van der Waals surface area contributed by atoms with E-state index in [-0.39, 0.29) is 17.9 Å². The number of carbonyl (C=O) groups is 2. The molecule has 0 fully saturated rings. The highest BCUT2D eigenvalue weighted by molar-refractivity contribution is 7.80. The van der Waals surface area contributed by atoms with Crippen LogP contribution in [0.4, 0.5) is 0 Å². The molecule has 0 saturated carbocycles. The zero-order valence-electron chi connectivity index (χ0n) is 3.90. The number of nitrogens with zero attached hydrogens (tertiary/aromatic N) is 1. The Bertz CT molecular complexity index is 116. The van der Waals surface area contributed by atoms with E-state index in [4.69, 9.17) is 5.73 Å². The summed E-state index contributed by atoms with van der Waals surface area (Å²) in [5.41, 5.74) is 4.85. The Hall–Kier alpha value is -0.970. The lowest BCUT2D eigenvalue weighted by Crippen LogP contribution is -2.32. The average Bonchev–Trinajstić information content (AvgIpc) is 1.69. The van der Waals surface area contributed by atoms with Crippen LogP contribution >= 0.6 is 12.2 Å². The molecule has 0 aliphatic carbocycles. The van der Waals surface area contributed by atoms with Gasteiger partial charge >= 0.3 is 0 Å². The Balaban J connectivity index is 3.88. The summed E-state index contributed by atoms with van der Waals surface area (Å²) >= 11 is 4.26. The van der Waals surface area contributed by atoms with Gasteiger partial charge in [-0.05, 0) is 12.2 Å². The summed E-state index contributed by atoms with van der Waals surface area (Å²) in [4.78, 5) is 20.0. The Labute approximate surface area is 51.3 Å². The van der Waals surface area contributed by atoms with Gasteiger partial charge in [-0.1, -0.05) is 0 Å². The first-order chi connectivity index (χ1) is 3.72. The number of nitrogens with two attached hydrogens (primary N) is 1. The van der Waals surface area contributed by atoms with Gasteiger partial charge in [0.2, 0.25) is 12.8 Å². The van der Waals surface area contributed by atoms with E-state index in [1.54, 1.807) is 0 Å². The first-order valence-corrected chi connectivity index (χ1v) is 2.11. The highest BCUT2D eigenvalue weighted by Gasteiger charge is 1.98. The van der Waals surface area contributed by atoms with Crippen LogP contribution in [0.2, 0.25) is 0 Å². The average molecular weight is 132 g/mol. The number of amides is 2. The van der Waals surface area contributed by atoms with E-state index >= 15 is 0 Å². The van der Waals surface area contributed by atoms with Crippen molar-refractivity contribution in [2.75, 3.05) is 0 Å². The number of hydrogen-bond acceptors (Lipinski definition) is 3. The SMILES string of the molecule is NC(=S)N(C=O)C=O. The number of imide groups is 1. The van der Waals surface area contributed by atoms with Crippen LogP contribution in [0.15, 0.2) is 0 Å². The molecule has 0 aromatic rings. The van der Waals surface area contributed by atoms with E-state index in [0.29, 0.717) is 4.90 Å². The number of rotatable bonds is 2. The molecule has 0 aromatic heterocycles. The molecule has 2 N–H and O–H groups in total. The molecule has 0 atom stereocenters. The van der Waals surface area contributed by atoms with Crippen LogP contribution in [0, 0.1) is 0 Å². The molecule has 0 bridgehead atoms. The maximum absolute atomic E-state index is 9.70. The van der Waals surface area contributed by atoms with Crippen molar-refractivity contribution in [3.63, 3.8) is 0 Å². The third-order valence-corrected chi connectivity index (χ3v) is 0.692. The number of hydrogen-bond donors (Lipinski definition) is 1. The van der Waals surface area contributed by atoms with E-state index in [1.807, 2.05) is 0 Å². The van der Waals surface area contributed by atoms with Crippen molar-refractivity contribution in [2.45, 2.75) is 0 Å². The zero-order valence-corrected chi connectivity index (χ0v) is 4.72. The monoisotopic (exact) mass is 132 g/mol. The van der Waals surface area contributed by atoms with Gasteiger partial charge in [0.05, 0.1) is 0 Å². The lowest BCUT2D eigenvalue weighted by Gasteiger charge is -2.01. The molecule has 2 amide bonds. The Kier molecular flexibility index (Phi) is 2.71. The summed E-state index contributed by atoms with van der Waals surface area (Å²) in [6, 6.07) is 0. The van der Waals surface area contributed by atoms with Gasteiger partial charge in [-0.3, -0.25) is 9.59 Å². The molecule has 0 aliphatic rings. The van der Waals surface area contributed by atoms with Crippen molar-refractivity contribution >= 4 is 30.2 Å². The van der Waals surface area contributed by atoms with Gasteiger partial charge in [-0.25, -0.2) is 4.90 Å². The summed E-state index contributed by atoms with van der Waals surface area (Å²) in [6.07, 6.45) is 0.491. The normalized spacial score (nSPS) is 7.50. The fourth-order valence-corrected chi connectivity index (χ4v) is 0.215. The maximum Gasteiger partial charge on any atom is 0.222 e. The van der Waals surface area contributed by atoms with Crippen LogP contribution in [0.3, 0.4) is 0 Å². The standard InChI is InChI=1S/C3H4N2O2S/c4-3(8)5(1-6)2-7/h1-2H,(H2,4,8). The molecule has 0 heterocycles.